The van der Waals surface area contributed by atoms with Crippen LogP contribution in [0.25, 0.3) is 0 Å². The monoisotopic (exact) mass is 259 g/mol. The molecule has 2 aromatic rings. The number of rotatable bonds is 5. The molecule has 0 aromatic heterocycles. The van der Waals surface area contributed by atoms with Crippen molar-refractivity contribution in [2.24, 2.45) is 0 Å². The summed E-state index contributed by atoms with van der Waals surface area (Å²) in [6.07, 6.45) is 1.53. The predicted molar refractivity (Wildman–Crippen MR) is 75.5 cm³/mol. The van der Waals surface area contributed by atoms with Gasteiger partial charge in [-0.1, -0.05) is 24.9 Å². The van der Waals surface area contributed by atoms with Crippen molar-refractivity contribution in [1.29, 1.82) is 0 Å². The highest BCUT2D eigenvalue weighted by molar-refractivity contribution is 6.30. The van der Waals surface area contributed by atoms with Crippen LogP contribution in [0.15, 0.2) is 48.5 Å². The molecule has 1 atom stereocenters. The summed E-state index contributed by atoms with van der Waals surface area (Å²) in [5.74, 6) is 0.489. The second kappa shape index (κ2) is 5.92. The molecule has 0 fully saturated rings. The van der Waals surface area contributed by atoms with E-state index in [0.717, 1.165) is 12.0 Å². The third-order valence-corrected chi connectivity index (χ3v) is 3.50. The molecule has 0 aliphatic heterocycles. The van der Waals surface area contributed by atoms with Crippen LogP contribution in [0.4, 0.5) is 0 Å². The van der Waals surface area contributed by atoms with Crippen molar-refractivity contribution in [1.82, 2.24) is 0 Å². The smallest absolute Gasteiger partial charge is 0.163 e. The van der Waals surface area contributed by atoms with Gasteiger partial charge in [-0.05, 0) is 30.2 Å². The third kappa shape index (κ3) is 3.05. The van der Waals surface area contributed by atoms with E-state index >= 15 is 0 Å². The van der Waals surface area contributed by atoms with Crippen LogP contribution in [0.5, 0.6) is 0 Å². The molecule has 0 bridgehead atoms. The first-order valence-electron chi connectivity index (χ1n) is 6.21. The van der Waals surface area contributed by atoms with Gasteiger partial charge in [-0.15, -0.1) is 0 Å². The minimum atomic E-state index is 0.180. The highest BCUT2D eigenvalue weighted by Crippen LogP contribution is 2.25. The van der Waals surface area contributed by atoms with Crippen LogP contribution in [-0.2, 0) is 0 Å². The van der Waals surface area contributed by atoms with E-state index in [2.05, 4.69) is 19.1 Å². The van der Waals surface area contributed by atoms with E-state index in [9.17, 15) is 4.79 Å². The topological polar surface area (TPSA) is 17.1 Å². The normalized spacial score (nSPS) is 12.3. The number of benzene rings is 1. The first-order chi connectivity index (χ1) is 8.70. The molecule has 2 rings (SSSR count). The van der Waals surface area contributed by atoms with Crippen molar-refractivity contribution in [2.45, 2.75) is 25.7 Å². The number of hydrogen-bond donors (Lipinski definition) is 0. The number of carbonyl (C=O) groups excluding carboxylic acids is 1. The summed E-state index contributed by atoms with van der Waals surface area (Å²) >= 11 is 5.82. The van der Waals surface area contributed by atoms with Crippen molar-refractivity contribution in [3.05, 3.63) is 64.7 Å². The maximum Gasteiger partial charge on any atom is 0.163 e. The molecule has 0 N–H and O–H groups in total. The molecule has 94 valence electrons. The van der Waals surface area contributed by atoms with Crippen molar-refractivity contribution in [3.8, 4) is 0 Å². The van der Waals surface area contributed by atoms with Crippen LogP contribution in [0.1, 0.15) is 41.6 Å². The van der Waals surface area contributed by atoms with E-state index in [0.29, 0.717) is 17.4 Å². The maximum atomic E-state index is 12.2. The van der Waals surface area contributed by atoms with Gasteiger partial charge in [-0.3, -0.25) is 4.79 Å². The Labute approximate surface area is 113 Å². The summed E-state index contributed by atoms with van der Waals surface area (Å²) < 4.78 is 0. The van der Waals surface area contributed by atoms with E-state index in [1.165, 1.54) is 5.56 Å². The van der Waals surface area contributed by atoms with Crippen molar-refractivity contribution < 1.29 is 4.79 Å². The van der Waals surface area contributed by atoms with Gasteiger partial charge in [-0.25, -0.2) is 12.1 Å². The lowest BCUT2D eigenvalue weighted by Crippen LogP contribution is -2.06. The van der Waals surface area contributed by atoms with Gasteiger partial charge in [0.1, 0.15) is 0 Å². The van der Waals surface area contributed by atoms with Crippen LogP contribution in [-0.4, -0.2) is 5.78 Å². The average molecular weight is 260 g/mol. The summed E-state index contributed by atoms with van der Waals surface area (Å²) in [5.41, 5.74) is 1.99. The van der Waals surface area contributed by atoms with Gasteiger partial charge in [0.05, 0.1) is 0 Å². The fraction of sp³-hybridized carbons (Fsp3) is 0.250. The lowest BCUT2D eigenvalue weighted by molar-refractivity contribution is 0.0973. The number of ketones is 1. The van der Waals surface area contributed by atoms with Crippen molar-refractivity contribution in [2.75, 3.05) is 0 Å². The van der Waals surface area contributed by atoms with Crippen LogP contribution < -0.4 is 0 Å². The number of hydrogen-bond acceptors (Lipinski definition) is 1. The minimum absolute atomic E-state index is 0.180. The third-order valence-electron chi connectivity index (χ3n) is 3.25. The summed E-state index contributed by atoms with van der Waals surface area (Å²) in [7, 11) is 0. The molecule has 18 heavy (non-hydrogen) atoms. The maximum absolute atomic E-state index is 12.2. The van der Waals surface area contributed by atoms with E-state index < -0.39 is 0 Å². The first-order valence-corrected chi connectivity index (χ1v) is 6.59. The van der Waals surface area contributed by atoms with E-state index in [1.54, 1.807) is 24.3 Å². The molecular formula is C16H16ClO-. The fourth-order valence-electron chi connectivity index (χ4n) is 2.14. The van der Waals surface area contributed by atoms with E-state index in [4.69, 9.17) is 11.6 Å². The summed E-state index contributed by atoms with van der Waals surface area (Å²) in [4.78, 5) is 12.2. The molecule has 0 unspecified atom stereocenters. The number of carbonyl (C=O) groups is 1. The highest BCUT2D eigenvalue weighted by Gasteiger charge is 2.13. The van der Waals surface area contributed by atoms with Gasteiger partial charge in [0.15, 0.2) is 5.78 Å². The van der Waals surface area contributed by atoms with Gasteiger partial charge in [-0.2, -0.15) is 17.7 Å². The van der Waals surface area contributed by atoms with E-state index in [1.807, 2.05) is 12.1 Å². The van der Waals surface area contributed by atoms with Crippen LogP contribution >= 0.6 is 11.6 Å². The second-order valence-electron chi connectivity index (χ2n) is 4.46. The predicted octanol–water partition coefficient (Wildman–Crippen LogP) is 4.83. The molecule has 2 aromatic carbocycles. The molecule has 0 radical (unpaired) electrons. The number of Topliss-reactive ketones (excluding diaryl/α,β-unsaturated/α-hetero) is 1. The second-order valence-corrected chi connectivity index (χ2v) is 4.89. The molecule has 1 nitrogen and oxygen atoms in total. The Hall–Kier alpha value is -1.47. The van der Waals surface area contributed by atoms with E-state index in [-0.39, 0.29) is 5.78 Å². The van der Waals surface area contributed by atoms with Crippen LogP contribution in [0.2, 0.25) is 5.02 Å². The molecule has 0 heterocycles. The Morgan fingerprint density at radius 2 is 2.00 bits per heavy atom. The molecule has 0 saturated carbocycles. The fourth-order valence-corrected chi connectivity index (χ4v) is 2.26. The SMILES string of the molecule is CC[C@H](CC(=O)c1ccc(Cl)cc1)c1ccc[cH-]1. The molecule has 0 aliphatic carbocycles. The molecule has 2 heteroatoms. The quantitative estimate of drug-likeness (QED) is 0.555. The molecule has 0 amide bonds. The van der Waals surface area contributed by atoms with Crippen molar-refractivity contribution >= 4 is 17.4 Å². The molecule has 0 aliphatic rings. The van der Waals surface area contributed by atoms with Gasteiger partial charge in [0.25, 0.3) is 0 Å². The van der Waals surface area contributed by atoms with Gasteiger partial charge in [0.2, 0.25) is 0 Å². The Kier molecular flexibility index (Phi) is 4.27. The lowest BCUT2D eigenvalue weighted by Gasteiger charge is -2.16. The zero-order valence-electron chi connectivity index (χ0n) is 10.4. The first kappa shape index (κ1) is 13.0. The molecular weight excluding hydrogens is 244 g/mol. The Bertz CT molecular complexity index is 496. The standard InChI is InChI=1S/C16H16ClO/c1-2-12(13-5-3-4-6-13)11-16(18)14-7-9-15(17)10-8-14/h3-10,12H,2,11H2,1H3/q-1/t12-/m1/s1. The van der Waals surface area contributed by atoms with Crippen LogP contribution in [0, 0.1) is 0 Å². The van der Waals surface area contributed by atoms with Crippen molar-refractivity contribution in [3.63, 3.8) is 0 Å². The summed E-state index contributed by atoms with van der Waals surface area (Å²) in [6, 6.07) is 15.3. The summed E-state index contributed by atoms with van der Waals surface area (Å²) in [5, 5.41) is 0.662. The molecule has 0 saturated heterocycles. The lowest BCUT2D eigenvalue weighted by atomic mass is 9.91. The van der Waals surface area contributed by atoms with Gasteiger partial charge >= 0.3 is 0 Å². The Balaban J connectivity index is 2.08. The average Bonchev–Trinajstić information content (AvgIpc) is 2.90. The minimum Gasteiger partial charge on any atom is -0.294 e. The largest absolute Gasteiger partial charge is 0.294 e. The van der Waals surface area contributed by atoms with Gasteiger partial charge < -0.3 is 0 Å². The van der Waals surface area contributed by atoms with Crippen LogP contribution in [0.3, 0.4) is 0 Å². The zero-order chi connectivity index (χ0) is 13.0. The highest BCUT2D eigenvalue weighted by atomic mass is 35.5. The molecule has 0 spiro atoms. The summed E-state index contributed by atoms with van der Waals surface area (Å²) in [6.45, 7) is 2.12. The number of halogens is 1. The Morgan fingerprint density at radius 1 is 1.28 bits per heavy atom. The Morgan fingerprint density at radius 3 is 2.56 bits per heavy atom. The zero-order valence-corrected chi connectivity index (χ0v) is 11.2. The van der Waals surface area contributed by atoms with Gasteiger partial charge in [0, 0.05) is 17.0 Å².